The van der Waals surface area contributed by atoms with E-state index in [1.54, 1.807) is 11.0 Å². The first-order valence-corrected chi connectivity index (χ1v) is 6.73. The number of nitrogens with one attached hydrogen (secondary N) is 1. The zero-order valence-electron chi connectivity index (χ0n) is 11.3. The summed E-state index contributed by atoms with van der Waals surface area (Å²) < 4.78 is 0. The molecule has 0 fully saturated rings. The highest BCUT2D eigenvalue weighted by Gasteiger charge is 2.26. The van der Waals surface area contributed by atoms with Crippen LogP contribution < -0.4 is 10.5 Å². The van der Waals surface area contributed by atoms with Crippen molar-refractivity contribution in [1.82, 2.24) is 4.98 Å². The normalized spacial score (nSPS) is 17.6. The maximum atomic E-state index is 12.6. The zero-order valence-corrected chi connectivity index (χ0v) is 11.3. The van der Waals surface area contributed by atoms with E-state index >= 15 is 0 Å². The molecule has 2 aromatic rings. The van der Waals surface area contributed by atoms with Crippen molar-refractivity contribution in [3.05, 3.63) is 64.1 Å². The van der Waals surface area contributed by atoms with Crippen LogP contribution in [0.25, 0.3) is 0 Å². The average Bonchev–Trinajstić information content (AvgIpc) is 2.46. The Morgan fingerprint density at radius 3 is 2.80 bits per heavy atom. The van der Waals surface area contributed by atoms with Crippen LogP contribution >= 0.6 is 0 Å². The van der Waals surface area contributed by atoms with Crippen molar-refractivity contribution in [3.8, 4) is 0 Å². The number of para-hydroxylation sites is 1. The Balaban J connectivity index is 1.99. The van der Waals surface area contributed by atoms with Gasteiger partial charge in [0.2, 0.25) is 5.56 Å². The molecule has 0 bridgehead atoms. The molecule has 3 rings (SSSR count). The number of amides is 1. The Kier molecular flexibility index (Phi) is 3.14. The van der Waals surface area contributed by atoms with Crippen LogP contribution in [-0.4, -0.2) is 17.4 Å². The summed E-state index contributed by atoms with van der Waals surface area (Å²) in [5.74, 6) is 0.358. The zero-order chi connectivity index (χ0) is 14.1. The number of carbonyl (C=O) groups is 1. The number of aromatic nitrogens is 1. The van der Waals surface area contributed by atoms with Crippen molar-refractivity contribution in [2.24, 2.45) is 5.92 Å². The lowest BCUT2D eigenvalue weighted by Gasteiger charge is -2.33. The number of hydrogen-bond acceptors (Lipinski definition) is 2. The van der Waals surface area contributed by atoms with Crippen LogP contribution in [0.2, 0.25) is 0 Å². The summed E-state index contributed by atoms with van der Waals surface area (Å²) >= 11 is 0. The third kappa shape index (κ3) is 2.25. The Morgan fingerprint density at radius 2 is 2.05 bits per heavy atom. The van der Waals surface area contributed by atoms with Gasteiger partial charge in [0.15, 0.2) is 0 Å². The van der Waals surface area contributed by atoms with Crippen LogP contribution in [0.5, 0.6) is 0 Å². The molecule has 1 aromatic carbocycles. The van der Waals surface area contributed by atoms with Gasteiger partial charge in [0.1, 0.15) is 0 Å². The van der Waals surface area contributed by atoms with Crippen LogP contribution in [-0.2, 0) is 6.42 Å². The standard InChI is InChI=1S/C16H16N2O2/c1-11-8-12-4-2-3-5-14(12)18(10-11)16(20)13-6-7-15(19)17-9-13/h2-7,9,11H,8,10H2,1H3,(H,17,19). The van der Waals surface area contributed by atoms with Crippen LogP contribution in [0.4, 0.5) is 5.69 Å². The van der Waals surface area contributed by atoms with Gasteiger partial charge in [0, 0.05) is 24.5 Å². The first-order valence-electron chi connectivity index (χ1n) is 6.73. The minimum atomic E-state index is -0.200. The lowest BCUT2D eigenvalue weighted by atomic mass is 9.93. The van der Waals surface area contributed by atoms with Crippen molar-refractivity contribution >= 4 is 11.6 Å². The number of nitrogens with zero attached hydrogens (tertiary/aromatic N) is 1. The van der Waals surface area contributed by atoms with Gasteiger partial charge < -0.3 is 9.88 Å². The molecule has 1 amide bonds. The molecule has 0 radical (unpaired) electrons. The smallest absolute Gasteiger partial charge is 0.259 e. The molecule has 4 nitrogen and oxygen atoms in total. The number of benzene rings is 1. The number of aromatic amines is 1. The van der Waals surface area contributed by atoms with E-state index in [-0.39, 0.29) is 11.5 Å². The second-order valence-electron chi connectivity index (χ2n) is 5.30. The summed E-state index contributed by atoms with van der Waals surface area (Å²) in [7, 11) is 0. The number of carbonyl (C=O) groups excluding carboxylic acids is 1. The van der Waals surface area contributed by atoms with E-state index in [4.69, 9.17) is 0 Å². The topological polar surface area (TPSA) is 53.2 Å². The molecule has 102 valence electrons. The van der Waals surface area contributed by atoms with Crippen molar-refractivity contribution in [2.45, 2.75) is 13.3 Å². The Hall–Kier alpha value is -2.36. The number of pyridine rings is 1. The molecular weight excluding hydrogens is 252 g/mol. The van der Waals surface area contributed by atoms with Crippen molar-refractivity contribution < 1.29 is 4.79 Å². The summed E-state index contributed by atoms with van der Waals surface area (Å²) in [5, 5.41) is 0. The van der Waals surface area contributed by atoms with Gasteiger partial charge in [-0.25, -0.2) is 0 Å². The second-order valence-corrected chi connectivity index (χ2v) is 5.30. The van der Waals surface area contributed by atoms with Crippen LogP contribution in [0.3, 0.4) is 0 Å². The third-order valence-corrected chi connectivity index (χ3v) is 3.62. The summed E-state index contributed by atoms with van der Waals surface area (Å²) in [6.07, 6.45) is 2.47. The molecule has 0 spiro atoms. The van der Waals surface area contributed by atoms with E-state index in [9.17, 15) is 9.59 Å². The molecule has 0 saturated heterocycles. The van der Waals surface area contributed by atoms with Crippen LogP contribution in [0, 0.1) is 5.92 Å². The van der Waals surface area contributed by atoms with E-state index in [0.717, 1.165) is 12.1 Å². The summed E-state index contributed by atoms with van der Waals surface area (Å²) in [6.45, 7) is 2.85. The van der Waals surface area contributed by atoms with Gasteiger partial charge >= 0.3 is 0 Å². The molecule has 1 aromatic heterocycles. The predicted molar refractivity (Wildman–Crippen MR) is 78.0 cm³/mol. The van der Waals surface area contributed by atoms with Crippen molar-refractivity contribution in [2.75, 3.05) is 11.4 Å². The Labute approximate surface area is 117 Å². The van der Waals surface area contributed by atoms with E-state index in [2.05, 4.69) is 18.0 Å². The molecule has 20 heavy (non-hydrogen) atoms. The molecule has 1 aliphatic heterocycles. The fourth-order valence-electron chi connectivity index (χ4n) is 2.69. The molecule has 0 aliphatic carbocycles. The molecule has 2 heterocycles. The van der Waals surface area contributed by atoms with Gasteiger partial charge in [-0.2, -0.15) is 0 Å². The first-order chi connectivity index (χ1) is 9.65. The number of hydrogen-bond donors (Lipinski definition) is 1. The monoisotopic (exact) mass is 268 g/mol. The van der Waals surface area contributed by atoms with Gasteiger partial charge in [-0.3, -0.25) is 9.59 Å². The summed E-state index contributed by atoms with van der Waals surface area (Å²) in [6, 6.07) is 10.9. The highest BCUT2D eigenvalue weighted by atomic mass is 16.2. The van der Waals surface area contributed by atoms with E-state index in [0.29, 0.717) is 18.0 Å². The van der Waals surface area contributed by atoms with Gasteiger partial charge in [0.05, 0.1) is 5.56 Å². The van der Waals surface area contributed by atoms with Crippen LogP contribution in [0.15, 0.2) is 47.4 Å². The lowest BCUT2D eigenvalue weighted by Crippen LogP contribution is -2.39. The molecule has 0 saturated carbocycles. The average molecular weight is 268 g/mol. The number of fused-ring (bicyclic) bond motifs is 1. The molecule has 4 heteroatoms. The minimum Gasteiger partial charge on any atom is -0.328 e. The Bertz CT molecular complexity index is 685. The Morgan fingerprint density at radius 1 is 1.25 bits per heavy atom. The lowest BCUT2D eigenvalue weighted by molar-refractivity contribution is 0.0980. The first kappa shape index (κ1) is 12.7. The number of H-pyrrole nitrogens is 1. The van der Waals surface area contributed by atoms with Gasteiger partial charge in [-0.1, -0.05) is 25.1 Å². The number of rotatable bonds is 1. The minimum absolute atomic E-state index is 0.0692. The molecule has 1 N–H and O–H groups in total. The second kappa shape index (κ2) is 4.96. The summed E-state index contributed by atoms with van der Waals surface area (Å²) in [5.41, 5.74) is 2.48. The van der Waals surface area contributed by atoms with Gasteiger partial charge in [-0.05, 0) is 30.0 Å². The fourth-order valence-corrected chi connectivity index (χ4v) is 2.69. The highest BCUT2D eigenvalue weighted by molar-refractivity contribution is 6.06. The number of anilines is 1. The van der Waals surface area contributed by atoms with E-state index in [1.807, 2.05) is 18.2 Å². The van der Waals surface area contributed by atoms with Crippen LogP contribution in [0.1, 0.15) is 22.8 Å². The van der Waals surface area contributed by atoms with Crippen molar-refractivity contribution in [1.29, 1.82) is 0 Å². The predicted octanol–water partition coefficient (Wildman–Crippen LogP) is 2.21. The molecule has 1 aliphatic rings. The molecular formula is C16H16N2O2. The summed E-state index contributed by atoms with van der Waals surface area (Å²) in [4.78, 5) is 28.1. The molecule has 1 unspecified atom stereocenters. The van der Waals surface area contributed by atoms with Gasteiger partial charge in [0.25, 0.3) is 5.91 Å². The van der Waals surface area contributed by atoms with Gasteiger partial charge in [-0.15, -0.1) is 0 Å². The fraction of sp³-hybridized carbons (Fsp3) is 0.250. The third-order valence-electron chi connectivity index (χ3n) is 3.62. The van der Waals surface area contributed by atoms with E-state index in [1.165, 1.54) is 17.8 Å². The maximum Gasteiger partial charge on any atom is 0.259 e. The van der Waals surface area contributed by atoms with Crippen molar-refractivity contribution in [3.63, 3.8) is 0 Å². The molecule has 1 atom stereocenters. The van der Waals surface area contributed by atoms with E-state index < -0.39 is 0 Å². The highest BCUT2D eigenvalue weighted by Crippen LogP contribution is 2.30. The maximum absolute atomic E-state index is 12.6. The largest absolute Gasteiger partial charge is 0.328 e. The SMILES string of the molecule is CC1Cc2ccccc2N(C(=O)c2ccc(=O)[nH]c2)C1. The quantitative estimate of drug-likeness (QED) is 0.862.